The van der Waals surface area contributed by atoms with Gasteiger partial charge in [-0.05, 0) is 42.8 Å². The van der Waals surface area contributed by atoms with Gasteiger partial charge in [-0.3, -0.25) is 0 Å². The molecule has 1 heterocycles. The summed E-state index contributed by atoms with van der Waals surface area (Å²) >= 11 is 12.8. The minimum Gasteiger partial charge on any atom is -0.354 e. The number of H-pyrrole nitrogens is 1. The van der Waals surface area contributed by atoms with Gasteiger partial charge in [-0.1, -0.05) is 71.7 Å². The second kappa shape index (κ2) is 7.32. The zero-order chi connectivity index (χ0) is 18.1. The average Bonchev–Trinajstić information content (AvgIpc) is 3.03. The van der Waals surface area contributed by atoms with Crippen LogP contribution in [0.2, 0.25) is 10.0 Å². The molecule has 0 aliphatic carbocycles. The van der Waals surface area contributed by atoms with Crippen LogP contribution in [-0.2, 0) is 6.42 Å². The lowest BCUT2D eigenvalue weighted by atomic mass is 9.99. The number of nitrogens with two attached hydrogens (primary N) is 1. The summed E-state index contributed by atoms with van der Waals surface area (Å²) in [7, 11) is 0. The Labute approximate surface area is 162 Å². The van der Waals surface area contributed by atoms with Crippen LogP contribution >= 0.6 is 23.2 Å². The molecule has 0 amide bonds. The molecule has 0 radical (unpaired) electrons. The number of aryl methyl sites for hydroxylation is 1. The average molecular weight is 383 g/mol. The fourth-order valence-electron chi connectivity index (χ4n) is 3.63. The number of aromatic amines is 1. The maximum Gasteiger partial charge on any atom is 0.0685 e. The minimum absolute atomic E-state index is 0.570. The monoisotopic (exact) mass is 382 g/mol. The molecule has 132 valence electrons. The van der Waals surface area contributed by atoms with Crippen LogP contribution in [0.3, 0.4) is 0 Å². The Morgan fingerprint density at radius 1 is 0.846 bits per heavy atom. The molecule has 0 saturated heterocycles. The minimum atomic E-state index is 0.570. The van der Waals surface area contributed by atoms with Crippen LogP contribution in [0.1, 0.15) is 18.4 Å². The Hall–Kier alpha value is -2.00. The van der Waals surface area contributed by atoms with E-state index < -0.39 is 0 Å². The van der Waals surface area contributed by atoms with Gasteiger partial charge in [0.15, 0.2) is 0 Å². The first kappa shape index (κ1) is 17.4. The van der Waals surface area contributed by atoms with E-state index in [0.717, 1.165) is 36.0 Å². The first-order chi connectivity index (χ1) is 12.7. The Morgan fingerprint density at radius 2 is 1.69 bits per heavy atom. The molecule has 0 atom stereocenters. The summed E-state index contributed by atoms with van der Waals surface area (Å²) in [5.41, 5.74) is 10.1. The molecule has 1 aromatic heterocycles. The number of fused-ring (bicyclic) bond motifs is 3. The fourth-order valence-corrected chi connectivity index (χ4v) is 4.02. The SMILES string of the molecule is NCCCCc1c(-c2cccc(Cl)c2Cl)[nH]c2c1ccc1ccccc12. The third-order valence-electron chi connectivity index (χ3n) is 4.91. The summed E-state index contributed by atoms with van der Waals surface area (Å²) in [6.45, 7) is 0.707. The van der Waals surface area contributed by atoms with Crippen LogP contribution < -0.4 is 5.73 Å². The normalized spacial score (nSPS) is 11.5. The van der Waals surface area contributed by atoms with Gasteiger partial charge in [0.05, 0.1) is 21.3 Å². The molecule has 0 bridgehead atoms. The molecule has 4 heteroatoms. The predicted octanol–water partition coefficient (Wildman–Crippen LogP) is 6.58. The molecule has 0 fully saturated rings. The van der Waals surface area contributed by atoms with Gasteiger partial charge in [0.1, 0.15) is 0 Å². The summed E-state index contributed by atoms with van der Waals surface area (Å²) in [6, 6.07) is 18.6. The lowest BCUT2D eigenvalue weighted by molar-refractivity contribution is 0.748. The van der Waals surface area contributed by atoms with Crippen LogP contribution in [-0.4, -0.2) is 11.5 Å². The molecular formula is C22H20Cl2N2. The van der Waals surface area contributed by atoms with E-state index >= 15 is 0 Å². The zero-order valence-electron chi connectivity index (χ0n) is 14.4. The first-order valence-electron chi connectivity index (χ1n) is 8.87. The molecule has 4 rings (SSSR count). The van der Waals surface area contributed by atoms with Gasteiger partial charge in [-0.25, -0.2) is 0 Å². The quantitative estimate of drug-likeness (QED) is 0.376. The van der Waals surface area contributed by atoms with Crippen molar-refractivity contribution in [3.05, 3.63) is 70.2 Å². The lowest BCUT2D eigenvalue weighted by Gasteiger charge is -2.08. The van der Waals surface area contributed by atoms with Gasteiger partial charge in [-0.15, -0.1) is 0 Å². The highest BCUT2D eigenvalue weighted by molar-refractivity contribution is 6.43. The summed E-state index contributed by atoms with van der Waals surface area (Å²) in [6.07, 6.45) is 3.00. The Bertz CT molecular complexity index is 1080. The van der Waals surface area contributed by atoms with E-state index in [4.69, 9.17) is 28.9 Å². The predicted molar refractivity (Wildman–Crippen MR) is 113 cm³/mol. The number of rotatable bonds is 5. The van der Waals surface area contributed by atoms with Crippen LogP contribution in [0, 0.1) is 0 Å². The molecule has 2 nitrogen and oxygen atoms in total. The van der Waals surface area contributed by atoms with Crippen molar-refractivity contribution in [2.75, 3.05) is 6.54 Å². The molecule has 26 heavy (non-hydrogen) atoms. The molecule has 3 N–H and O–H groups in total. The molecule has 0 aliphatic rings. The first-order valence-corrected chi connectivity index (χ1v) is 9.63. The molecule has 0 saturated carbocycles. The van der Waals surface area contributed by atoms with E-state index in [-0.39, 0.29) is 0 Å². The van der Waals surface area contributed by atoms with E-state index in [1.165, 1.54) is 21.7 Å². The van der Waals surface area contributed by atoms with Gasteiger partial charge in [0.25, 0.3) is 0 Å². The lowest BCUT2D eigenvalue weighted by Crippen LogP contribution is -1.99. The number of halogens is 2. The van der Waals surface area contributed by atoms with Crippen molar-refractivity contribution >= 4 is 44.9 Å². The number of benzene rings is 3. The van der Waals surface area contributed by atoms with Gasteiger partial charge >= 0.3 is 0 Å². The largest absolute Gasteiger partial charge is 0.354 e. The van der Waals surface area contributed by atoms with Crippen LogP contribution in [0.5, 0.6) is 0 Å². The van der Waals surface area contributed by atoms with E-state index in [0.29, 0.717) is 16.6 Å². The number of unbranched alkanes of at least 4 members (excludes halogenated alkanes) is 1. The second-order valence-corrected chi connectivity index (χ2v) is 7.32. The van der Waals surface area contributed by atoms with E-state index in [9.17, 15) is 0 Å². The van der Waals surface area contributed by atoms with Crippen molar-refractivity contribution in [1.29, 1.82) is 0 Å². The number of hydrogen-bond donors (Lipinski definition) is 2. The summed E-state index contributed by atoms with van der Waals surface area (Å²) < 4.78 is 0. The van der Waals surface area contributed by atoms with Crippen molar-refractivity contribution in [3.8, 4) is 11.3 Å². The van der Waals surface area contributed by atoms with Crippen LogP contribution in [0.15, 0.2) is 54.6 Å². The van der Waals surface area contributed by atoms with E-state index in [1.807, 2.05) is 18.2 Å². The standard InChI is InChI=1S/C22H20Cl2N2/c23-19-10-5-9-18(20(19)24)22-16(8-3-4-13-25)17-12-11-14-6-1-2-7-15(14)21(17)26-22/h1-2,5-7,9-12,26H,3-4,8,13,25H2. The van der Waals surface area contributed by atoms with Crippen molar-refractivity contribution in [1.82, 2.24) is 4.98 Å². The molecular weight excluding hydrogens is 363 g/mol. The highest BCUT2D eigenvalue weighted by Crippen LogP contribution is 2.39. The number of nitrogens with one attached hydrogen (secondary N) is 1. The second-order valence-electron chi connectivity index (χ2n) is 6.53. The maximum absolute atomic E-state index is 6.53. The summed E-state index contributed by atoms with van der Waals surface area (Å²) in [5.74, 6) is 0. The third kappa shape index (κ3) is 2.99. The summed E-state index contributed by atoms with van der Waals surface area (Å²) in [5, 5.41) is 4.84. The number of hydrogen-bond acceptors (Lipinski definition) is 1. The molecule has 0 unspecified atom stereocenters. The molecule has 0 aliphatic heterocycles. The fraction of sp³-hybridized carbons (Fsp3) is 0.182. The van der Waals surface area contributed by atoms with Crippen molar-refractivity contribution in [2.24, 2.45) is 5.73 Å². The van der Waals surface area contributed by atoms with E-state index in [1.54, 1.807) is 0 Å². The molecule has 3 aromatic carbocycles. The molecule has 0 spiro atoms. The van der Waals surface area contributed by atoms with Crippen molar-refractivity contribution < 1.29 is 0 Å². The zero-order valence-corrected chi connectivity index (χ0v) is 15.9. The molecule has 4 aromatic rings. The van der Waals surface area contributed by atoms with Gasteiger partial charge in [0.2, 0.25) is 0 Å². The van der Waals surface area contributed by atoms with Crippen molar-refractivity contribution in [2.45, 2.75) is 19.3 Å². The van der Waals surface area contributed by atoms with Crippen molar-refractivity contribution in [3.63, 3.8) is 0 Å². The third-order valence-corrected chi connectivity index (χ3v) is 5.73. The Kier molecular flexibility index (Phi) is 4.90. The van der Waals surface area contributed by atoms with Gasteiger partial charge < -0.3 is 10.7 Å². The Morgan fingerprint density at radius 3 is 2.54 bits per heavy atom. The Balaban J connectivity index is 1.99. The summed E-state index contributed by atoms with van der Waals surface area (Å²) in [4.78, 5) is 3.64. The van der Waals surface area contributed by atoms with Gasteiger partial charge in [-0.2, -0.15) is 0 Å². The topological polar surface area (TPSA) is 41.8 Å². The van der Waals surface area contributed by atoms with Crippen LogP contribution in [0.25, 0.3) is 32.9 Å². The smallest absolute Gasteiger partial charge is 0.0685 e. The van der Waals surface area contributed by atoms with Gasteiger partial charge in [0, 0.05) is 16.3 Å². The maximum atomic E-state index is 6.53. The van der Waals surface area contributed by atoms with Crippen LogP contribution in [0.4, 0.5) is 0 Å². The number of aromatic nitrogens is 1. The highest BCUT2D eigenvalue weighted by Gasteiger charge is 2.17. The van der Waals surface area contributed by atoms with E-state index in [2.05, 4.69) is 41.4 Å². The highest BCUT2D eigenvalue weighted by atomic mass is 35.5.